The van der Waals surface area contributed by atoms with Crippen molar-refractivity contribution in [2.75, 3.05) is 19.5 Å². The van der Waals surface area contributed by atoms with Crippen LogP contribution >= 0.6 is 23.2 Å². The van der Waals surface area contributed by atoms with Crippen molar-refractivity contribution in [2.45, 2.75) is 25.8 Å². The van der Waals surface area contributed by atoms with Crippen LogP contribution in [-0.4, -0.2) is 29.1 Å². The number of nitrogens with one attached hydrogen (secondary N) is 1. The van der Waals surface area contributed by atoms with Crippen molar-refractivity contribution in [2.24, 2.45) is 0 Å². The summed E-state index contributed by atoms with van der Waals surface area (Å²) in [5, 5.41) is 4.11. The van der Waals surface area contributed by atoms with Gasteiger partial charge in [0.25, 0.3) is 5.91 Å². The molecule has 198 valence electrons. The molecule has 1 amide bonds. The molecule has 0 bridgehead atoms. The Bertz CT molecular complexity index is 1690. The molecule has 1 N–H and O–H groups in total. The lowest BCUT2D eigenvalue weighted by Crippen LogP contribution is -2.15. The molecule has 6 nitrogen and oxygen atoms in total. The molecule has 3 heterocycles. The van der Waals surface area contributed by atoms with E-state index in [-0.39, 0.29) is 5.91 Å². The normalized spacial score (nSPS) is 12.8. The van der Waals surface area contributed by atoms with E-state index in [1.807, 2.05) is 77.3 Å². The lowest BCUT2D eigenvalue weighted by atomic mass is 9.97. The van der Waals surface area contributed by atoms with Gasteiger partial charge in [-0.25, -0.2) is 0 Å². The van der Waals surface area contributed by atoms with Crippen molar-refractivity contribution in [1.82, 2.24) is 8.97 Å². The summed E-state index contributed by atoms with van der Waals surface area (Å²) in [5.74, 6) is 1.31. The number of nitrogens with zero attached hydrogens (tertiary/aromatic N) is 2. The third kappa shape index (κ3) is 4.54. The molecule has 1 aliphatic heterocycles. The van der Waals surface area contributed by atoms with Crippen molar-refractivity contribution < 1.29 is 14.3 Å². The highest BCUT2D eigenvalue weighted by molar-refractivity contribution is 6.42. The molecular weight excluding hydrogens is 533 g/mol. The van der Waals surface area contributed by atoms with Crippen molar-refractivity contribution in [3.8, 4) is 33.9 Å². The fourth-order valence-corrected chi connectivity index (χ4v) is 5.73. The van der Waals surface area contributed by atoms with Crippen LogP contribution in [0.5, 0.6) is 11.5 Å². The Morgan fingerprint density at radius 2 is 1.51 bits per heavy atom. The first kappa shape index (κ1) is 25.4. The van der Waals surface area contributed by atoms with Gasteiger partial charge in [-0.15, -0.1) is 0 Å². The van der Waals surface area contributed by atoms with Gasteiger partial charge in [0.05, 0.1) is 30.0 Å². The molecule has 8 heteroatoms. The Hall–Kier alpha value is -3.87. The molecular formula is C31H27Cl2N3O3. The Balaban J connectivity index is 1.57. The summed E-state index contributed by atoms with van der Waals surface area (Å²) >= 11 is 12.6. The van der Waals surface area contributed by atoms with E-state index in [1.165, 1.54) is 0 Å². The third-order valence-electron chi connectivity index (χ3n) is 7.29. The van der Waals surface area contributed by atoms with Gasteiger partial charge in [-0.05, 0) is 73.4 Å². The summed E-state index contributed by atoms with van der Waals surface area (Å²) in [7, 11) is 3.27. The number of aromatic nitrogens is 2. The van der Waals surface area contributed by atoms with Crippen LogP contribution in [0, 0.1) is 0 Å². The molecule has 0 fully saturated rings. The Morgan fingerprint density at radius 3 is 2.18 bits per heavy atom. The molecule has 3 aromatic carbocycles. The highest BCUT2D eigenvalue weighted by Crippen LogP contribution is 2.41. The number of rotatable bonds is 6. The number of methoxy groups -OCH3 is 2. The maximum Gasteiger partial charge on any atom is 0.273 e. The monoisotopic (exact) mass is 559 g/mol. The predicted octanol–water partition coefficient (Wildman–Crippen LogP) is 7.99. The number of imidazole rings is 1. The summed E-state index contributed by atoms with van der Waals surface area (Å²) in [6.07, 6.45) is 4.96. The summed E-state index contributed by atoms with van der Waals surface area (Å²) in [5.41, 5.74) is 7.31. The van der Waals surface area contributed by atoms with E-state index in [9.17, 15) is 4.79 Å². The number of anilines is 1. The third-order valence-corrected chi connectivity index (χ3v) is 8.03. The molecule has 0 atom stereocenters. The second-order valence-electron chi connectivity index (χ2n) is 9.56. The summed E-state index contributed by atoms with van der Waals surface area (Å²) in [6.45, 7) is 0.838. The Labute approximate surface area is 236 Å². The number of hydrogen-bond donors (Lipinski definition) is 1. The number of amides is 1. The van der Waals surface area contributed by atoms with Crippen LogP contribution in [0.1, 0.15) is 28.9 Å². The molecule has 0 unspecified atom stereocenters. The van der Waals surface area contributed by atoms with Crippen LogP contribution in [0.3, 0.4) is 0 Å². The zero-order chi connectivity index (χ0) is 27.1. The molecule has 0 spiro atoms. The summed E-state index contributed by atoms with van der Waals surface area (Å²) in [4.78, 5) is 14.1. The lowest BCUT2D eigenvalue weighted by molar-refractivity contribution is 0.102. The van der Waals surface area contributed by atoms with E-state index in [1.54, 1.807) is 14.2 Å². The van der Waals surface area contributed by atoms with E-state index in [4.69, 9.17) is 32.7 Å². The number of benzene rings is 3. The average molecular weight is 560 g/mol. The smallest absolute Gasteiger partial charge is 0.273 e. The van der Waals surface area contributed by atoms with E-state index >= 15 is 0 Å². The van der Waals surface area contributed by atoms with Crippen molar-refractivity contribution >= 4 is 40.4 Å². The van der Waals surface area contributed by atoms with Crippen LogP contribution in [0.2, 0.25) is 10.0 Å². The maximum absolute atomic E-state index is 14.1. The first-order valence-corrected chi connectivity index (χ1v) is 13.6. The van der Waals surface area contributed by atoms with E-state index < -0.39 is 0 Å². The number of carbonyl (C=O) groups excluding carboxylic acids is 1. The van der Waals surface area contributed by atoms with E-state index in [0.29, 0.717) is 21.4 Å². The second kappa shape index (κ2) is 10.4. The molecule has 39 heavy (non-hydrogen) atoms. The molecule has 2 aromatic heterocycles. The van der Waals surface area contributed by atoms with E-state index in [2.05, 4.69) is 9.88 Å². The minimum atomic E-state index is -0.189. The van der Waals surface area contributed by atoms with Crippen molar-refractivity contribution in [3.05, 3.63) is 94.2 Å². The largest absolute Gasteiger partial charge is 0.497 e. The minimum Gasteiger partial charge on any atom is -0.497 e. The Kier molecular flexibility index (Phi) is 6.75. The van der Waals surface area contributed by atoms with Crippen molar-refractivity contribution in [3.63, 3.8) is 0 Å². The molecule has 0 radical (unpaired) electrons. The SMILES string of the molecule is COc1ccc(NC(=O)c2c(-c3ccc(OC)cc3)c3c4n(c(-c5ccc(Cl)c(Cl)c5)cn24)CCCC3)cc1. The summed E-state index contributed by atoms with van der Waals surface area (Å²) < 4.78 is 15.0. The van der Waals surface area contributed by atoms with Crippen molar-refractivity contribution in [1.29, 1.82) is 0 Å². The maximum atomic E-state index is 14.1. The highest BCUT2D eigenvalue weighted by Gasteiger charge is 2.29. The molecule has 6 rings (SSSR count). The highest BCUT2D eigenvalue weighted by atomic mass is 35.5. The molecule has 0 aliphatic carbocycles. The Morgan fingerprint density at radius 1 is 0.846 bits per heavy atom. The first-order valence-electron chi connectivity index (χ1n) is 12.8. The van der Waals surface area contributed by atoms with Crippen LogP contribution in [0.4, 0.5) is 5.69 Å². The molecule has 1 aliphatic rings. The van der Waals surface area contributed by atoms with Crippen LogP contribution in [-0.2, 0) is 13.0 Å². The average Bonchev–Trinajstić information content (AvgIpc) is 3.38. The van der Waals surface area contributed by atoms with Gasteiger partial charge in [-0.3, -0.25) is 9.20 Å². The van der Waals surface area contributed by atoms with Gasteiger partial charge in [-0.2, -0.15) is 0 Å². The topological polar surface area (TPSA) is 56.9 Å². The van der Waals surface area contributed by atoms with Gasteiger partial charge in [-0.1, -0.05) is 41.4 Å². The predicted molar refractivity (Wildman–Crippen MR) is 157 cm³/mol. The number of halogens is 2. The number of hydrogen-bond acceptors (Lipinski definition) is 3. The fourth-order valence-electron chi connectivity index (χ4n) is 5.43. The van der Waals surface area contributed by atoms with Crippen LogP contribution < -0.4 is 14.8 Å². The summed E-state index contributed by atoms with van der Waals surface area (Å²) in [6, 6.07) is 20.9. The van der Waals surface area contributed by atoms with Gasteiger partial charge in [0.1, 0.15) is 22.8 Å². The zero-order valence-electron chi connectivity index (χ0n) is 21.6. The molecule has 0 saturated heterocycles. The van der Waals surface area contributed by atoms with Crippen LogP contribution in [0.15, 0.2) is 72.9 Å². The van der Waals surface area contributed by atoms with Gasteiger partial charge in [0.2, 0.25) is 0 Å². The van der Waals surface area contributed by atoms with Gasteiger partial charge in [0.15, 0.2) is 0 Å². The quantitative estimate of drug-likeness (QED) is 0.229. The minimum absolute atomic E-state index is 0.189. The van der Waals surface area contributed by atoms with E-state index in [0.717, 1.165) is 70.9 Å². The first-order chi connectivity index (χ1) is 19.0. The van der Waals surface area contributed by atoms with Gasteiger partial charge >= 0.3 is 0 Å². The van der Waals surface area contributed by atoms with Gasteiger partial charge in [0, 0.05) is 35.1 Å². The zero-order valence-corrected chi connectivity index (χ0v) is 23.1. The number of ether oxygens (including phenoxy) is 2. The van der Waals surface area contributed by atoms with Crippen LogP contribution in [0.25, 0.3) is 28.0 Å². The lowest BCUT2D eigenvalue weighted by Gasteiger charge is -2.11. The molecule has 5 aromatic rings. The van der Waals surface area contributed by atoms with Gasteiger partial charge < -0.3 is 19.4 Å². The number of carbonyl (C=O) groups is 1. The number of aryl methyl sites for hydroxylation is 2. The second-order valence-corrected chi connectivity index (χ2v) is 10.4. The standard InChI is InChI=1S/C31H27Cl2N3O3/c1-38-22-11-6-19(7-12-22)28-24-5-3-4-16-35-27(20-8-15-25(32)26(33)17-20)18-36(31(24)35)29(28)30(37)34-21-9-13-23(39-2)14-10-21/h6-15,17-18H,3-5,16H2,1-2H3,(H,34,37). The fraction of sp³-hybridized carbons (Fsp3) is 0.194. The molecule has 0 saturated carbocycles.